The Morgan fingerprint density at radius 3 is 2.35 bits per heavy atom. The lowest BCUT2D eigenvalue weighted by Crippen LogP contribution is -2.40. The summed E-state index contributed by atoms with van der Waals surface area (Å²) in [6.07, 6.45) is 3.59. The number of anilines is 1. The average molecular weight is 377 g/mol. The van der Waals surface area contributed by atoms with E-state index in [1.165, 1.54) is 0 Å². The van der Waals surface area contributed by atoms with Crippen molar-refractivity contribution in [1.29, 1.82) is 0 Å². The first-order valence-electron chi connectivity index (χ1n) is 8.53. The normalized spacial score (nSPS) is 12.2. The van der Waals surface area contributed by atoms with Crippen molar-refractivity contribution in [3.63, 3.8) is 0 Å². The van der Waals surface area contributed by atoms with Crippen LogP contribution in [0.5, 0.6) is 0 Å². The number of hydrogen-bond donors (Lipinski definition) is 2. The molecule has 2 N–H and O–H groups in total. The molecule has 26 heavy (non-hydrogen) atoms. The third-order valence-corrected chi connectivity index (χ3v) is 5.55. The molecular weight excluding hydrogens is 348 g/mol. The van der Waals surface area contributed by atoms with Crippen molar-refractivity contribution in [1.82, 2.24) is 15.0 Å². The van der Waals surface area contributed by atoms with Crippen molar-refractivity contribution in [2.45, 2.75) is 44.3 Å². The van der Waals surface area contributed by atoms with Gasteiger partial charge in [-0.25, -0.2) is 13.1 Å². The van der Waals surface area contributed by atoms with Gasteiger partial charge in [0.2, 0.25) is 10.0 Å². The Morgan fingerprint density at radius 2 is 1.69 bits per heavy atom. The van der Waals surface area contributed by atoms with Crippen LogP contribution in [-0.4, -0.2) is 33.0 Å². The molecule has 0 spiro atoms. The standard InChI is InChI=1S/C19H28N4O2S/c1-19(2,3)22-26(24,25)18-9-7-6-8-15(18)12-21-14-16-13-20-11-10-17(16)23(4)5/h6-11,13,21-22H,12,14H2,1-5H3. The molecule has 0 saturated heterocycles. The van der Waals surface area contributed by atoms with E-state index >= 15 is 0 Å². The van der Waals surface area contributed by atoms with Gasteiger partial charge >= 0.3 is 0 Å². The SMILES string of the molecule is CN(C)c1ccncc1CNCc1ccccc1S(=O)(=O)NC(C)(C)C. The maximum Gasteiger partial charge on any atom is 0.241 e. The van der Waals surface area contributed by atoms with Crippen LogP contribution in [0.1, 0.15) is 31.9 Å². The summed E-state index contributed by atoms with van der Waals surface area (Å²) in [6.45, 7) is 6.54. The maximum absolute atomic E-state index is 12.7. The van der Waals surface area contributed by atoms with Crippen LogP contribution in [0.4, 0.5) is 5.69 Å². The fraction of sp³-hybridized carbons (Fsp3) is 0.421. The average Bonchev–Trinajstić information content (AvgIpc) is 2.53. The predicted octanol–water partition coefficient (Wildman–Crippen LogP) is 2.51. The lowest BCUT2D eigenvalue weighted by Gasteiger charge is -2.22. The van der Waals surface area contributed by atoms with Crippen molar-refractivity contribution >= 4 is 15.7 Å². The fourth-order valence-corrected chi connectivity index (χ4v) is 4.35. The summed E-state index contributed by atoms with van der Waals surface area (Å²) in [5.41, 5.74) is 2.35. The topological polar surface area (TPSA) is 74.3 Å². The number of benzene rings is 1. The van der Waals surface area contributed by atoms with Crippen molar-refractivity contribution < 1.29 is 8.42 Å². The van der Waals surface area contributed by atoms with Gasteiger partial charge in [0.1, 0.15) is 0 Å². The van der Waals surface area contributed by atoms with Gasteiger partial charge in [-0.15, -0.1) is 0 Å². The summed E-state index contributed by atoms with van der Waals surface area (Å²) in [7, 11) is 0.394. The Bertz CT molecular complexity index is 843. The van der Waals surface area contributed by atoms with Crippen molar-refractivity contribution in [2.75, 3.05) is 19.0 Å². The Labute approximate surface area is 156 Å². The molecule has 1 aromatic heterocycles. The van der Waals surface area contributed by atoms with Crippen LogP contribution in [-0.2, 0) is 23.1 Å². The van der Waals surface area contributed by atoms with E-state index in [4.69, 9.17) is 0 Å². The van der Waals surface area contributed by atoms with E-state index in [2.05, 4.69) is 15.0 Å². The molecule has 1 aromatic carbocycles. The molecule has 0 amide bonds. The van der Waals surface area contributed by atoms with Crippen LogP contribution >= 0.6 is 0 Å². The molecule has 0 unspecified atom stereocenters. The monoisotopic (exact) mass is 376 g/mol. The molecule has 0 saturated carbocycles. The lowest BCUT2D eigenvalue weighted by molar-refractivity contribution is 0.490. The van der Waals surface area contributed by atoms with Gasteiger partial charge in [-0.2, -0.15) is 0 Å². The highest BCUT2D eigenvalue weighted by molar-refractivity contribution is 7.89. The number of sulfonamides is 1. The van der Waals surface area contributed by atoms with Crippen LogP contribution in [0.3, 0.4) is 0 Å². The van der Waals surface area contributed by atoms with Crippen molar-refractivity contribution in [2.24, 2.45) is 0 Å². The highest BCUT2D eigenvalue weighted by Gasteiger charge is 2.24. The zero-order chi connectivity index (χ0) is 19.4. The summed E-state index contributed by atoms with van der Waals surface area (Å²) in [5, 5.41) is 3.33. The Balaban J connectivity index is 2.15. The smallest absolute Gasteiger partial charge is 0.241 e. The summed E-state index contributed by atoms with van der Waals surface area (Å²) < 4.78 is 28.1. The van der Waals surface area contributed by atoms with E-state index in [9.17, 15) is 8.42 Å². The zero-order valence-electron chi connectivity index (χ0n) is 16.1. The van der Waals surface area contributed by atoms with E-state index in [0.29, 0.717) is 18.0 Å². The molecule has 1 heterocycles. The third kappa shape index (κ3) is 5.52. The number of rotatable bonds is 7. The molecule has 0 aliphatic rings. The van der Waals surface area contributed by atoms with Crippen LogP contribution in [0.15, 0.2) is 47.6 Å². The van der Waals surface area contributed by atoms with Gasteiger partial charge in [-0.3, -0.25) is 4.98 Å². The third-order valence-electron chi connectivity index (χ3n) is 3.69. The quantitative estimate of drug-likeness (QED) is 0.777. The lowest BCUT2D eigenvalue weighted by atomic mass is 10.1. The van der Waals surface area contributed by atoms with Gasteiger partial charge in [0.15, 0.2) is 0 Å². The first-order valence-corrected chi connectivity index (χ1v) is 10.0. The summed E-state index contributed by atoms with van der Waals surface area (Å²) >= 11 is 0. The highest BCUT2D eigenvalue weighted by atomic mass is 32.2. The fourth-order valence-electron chi connectivity index (χ4n) is 2.69. The molecule has 0 fully saturated rings. The van der Waals surface area contributed by atoms with Gasteiger partial charge in [-0.05, 0) is 38.5 Å². The molecule has 142 valence electrons. The van der Waals surface area contributed by atoms with Gasteiger partial charge in [0.05, 0.1) is 4.90 Å². The Morgan fingerprint density at radius 1 is 1.04 bits per heavy atom. The molecular formula is C19H28N4O2S. The van der Waals surface area contributed by atoms with Crippen LogP contribution < -0.4 is 14.9 Å². The molecule has 0 bridgehead atoms. The molecule has 0 radical (unpaired) electrons. The molecule has 2 aromatic rings. The van der Waals surface area contributed by atoms with Crippen molar-refractivity contribution in [3.05, 3.63) is 53.9 Å². The minimum Gasteiger partial charge on any atom is -0.377 e. The van der Waals surface area contributed by atoms with Gasteiger partial charge in [0, 0.05) is 56.4 Å². The van der Waals surface area contributed by atoms with Crippen molar-refractivity contribution in [3.8, 4) is 0 Å². The van der Waals surface area contributed by atoms with Gasteiger partial charge in [-0.1, -0.05) is 18.2 Å². The minimum atomic E-state index is -3.58. The molecule has 0 aliphatic heterocycles. The summed E-state index contributed by atoms with van der Waals surface area (Å²) in [5.74, 6) is 0. The van der Waals surface area contributed by atoms with Crippen LogP contribution in [0.2, 0.25) is 0 Å². The number of nitrogens with zero attached hydrogens (tertiary/aromatic N) is 2. The second-order valence-corrected chi connectivity index (χ2v) is 9.12. The number of pyridine rings is 1. The first-order chi connectivity index (χ1) is 12.1. The minimum absolute atomic E-state index is 0.307. The Hall–Kier alpha value is -1.96. The second-order valence-electron chi connectivity index (χ2n) is 7.47. The maximum atomic E-state index is 12.7. The van der Waals surface area contributed by atoms with E-state index in [-0.39, 0.29) is 0 Å². The first kappa shape index (κ1) is 20.4. The molecule has 7 heteroatoms. The molecule has 6 nitrogen and oxygen atoms in total. The van der Waals surface area contributed by atoms with Crippen LogP contribution in [0, 0.1) is 0 Å². The Kier molecular flexibility index (Phi) is 6.39. The highest BCUT2D eigenvalue weighted by Crippen LogP contribution is 2.19. The van der Waals surface area contributed by atoms with E-state index in [1.54, 1.807) is 18.3 Å². The van der Waals surface area contributed by atoms with Crippen LogP contribution in [0.25, 0.3) is 0 Å². The van der Waals surface area contributed by atoms with E-state index in [0.717, 1.165) is 16.8 Å². The summed E-state index contributed by atoms with van der Waals surface area (Å²) in [4.78, 5) is 6.52. The zero-order valence-corrected chi connectivity index (χ0v) is 16.9. The number of nitrogens with one attached hydrogen (secondary N) is 2. The number of aromatic nitrogens is 1. The molecule has 0 atom stereocenters. The predicted molar refractivity (Wildman–Crippen MR) is 106 cm³/mol. The second kappa shape index (κ2) is 8.16. The molecule has 2 rings (SSSR count). The van der Waals surface area contributed by atoms with Gasteiger partial charge in [0.25, 0.3) is 0 Å². The van der Waals surface area contributed by atoms with Gasteiger partial charge < -0.3 is 10.2 Å². The van der Waals surface area contributed by atoms with E-state index < -0.39 is 15.6 Å². The number of hydrogen-bond acceptors (Lipinski definition) is 5. The summed E-state index contributed by atoms with van der Waals surface area (Å²) in [6, 6.07) is 9.03. The largest absolute Gasteiger partial charge is 0.377 e. The van der Waals surface area contributed by atoms with E-state index in [1.807, 2.05) is 64.2 Å². The molecule has 0 aliphatic carbocycles.